The molecule has 86 valence electrons. The molecule has 0 bridgehead atoms. The first-order valence-electron chi connectivity index (χ1n) is 4.62. The predicted octanol–water partition coefficient (Wildman–Crippen LogP) is 1.61. The van der Waals surface area contributed by atoms with Crippen LogP contribution in [0.15, 0.2) is 18.3 Å². The van der Waals surface area contributed by atoms with Gasteiger partial charge in [0.05, 0.1) is 18.6 Å². The van der Waals surface area contributed by atoms with E-state index in [-0.39, 0.29) is 6.54 Å². The molecule has 2 rings (SSSR count). The SMILES string of the molecule is FC(F)(F)CNCc1nc2ncccc2[nH]1. The Morgan fingerprint density at radius 2 is 2.19 bits per heavy atom. The van der Waals surface area contributed by atoms with Crippen LogP contribution < -0.4 is 5.32 Å². The first-order chi connectivity index (χ1) is 7.54. The number of aromatic amines is 1. The quantitative estimate of drug-likeness (QED) is 0.842. The number of hydrogen-bond acceptors (Lipinski definition) is 3. The lowest BCUT2D eigenvalue weighted by Gasteiger charge is -2.05. The highest BCUT2D eigenvalue weighted by Gasteiger charge is 2.26. The summed E-state index contributed by atoms with van der Waals surface area (Å²) in [6, 6.07) is 3.50. The molecular formula is C9H9F3N4. The number of aromatic nitrogens is 3. The average molecular weight is 230 g/mol. The molecule has 2 aromatic heterocycles. The number of H-pyrrole nitrogens is 1. The highest BCUT2D eigenvalue weighted by Crippen LogP contribution is 2.12. The number of pyridine rings is 1. The van der Waals surface area contributed by atoms with Gasteiger partial charge < -0.3 is 10.3 Å². The van der Waals surface area contributed by atoms with Crippen LogP contribution in [0.3, 0.4) is 0 Å². The standard InChI is InChI=1S/C9H9F3N4/c10-9(11,12)5-13-4-7-15-6-2-1-3-14-8(6)16-7/h1-3,13H,4-5H2,(H,14,15,16). The molecule has 0 amide bonds. The number of halogens is 3. The predicted molar refractivity (Wildman–Crippen MR) is 51.7 cm³/mol. The van der Waals surface area contributed by atoms with E-state index < -0.39 is 12.7 Å². The van der Waals surface area contributed by atoms with Gasteiger partial charge in [-0.05, 0) is 12.1 Å². The number of nitrogens with one attached hydrogen (secondary N) is 2. The summed E-state index contributed by atoms with van der Waals surface area (Å²) in [4.78, 5) is 10.9. The highest BCUT2D eigenvalue weighted by atomic mass is 19.4. The third kappa shape index (κ3) is 2.69. The molecule has 0 spiro atoms. The van der Waals surface area contributed by atoms with Gasteiger partial charge in [-0.3, -0.25) is 0 Å². The number of alkyl halides is 3. The van der Waals surface area contributed by atoms with Gasteiger partial charge in [0.25, 0.3) is 0 Å². The summed E-state index contributed by atoms with van der Waals surface area (Å²) in [5.74, 6) is 0.443. The van der Waals surface area contributed by atoms with Crippen molar-refractivity contribution in [3.8, 4) is 0 Å². The molecule has 4 nitrogen and oxygen atoms in total. The summed E-state index contributed by atoms with van der Waals surface area (Å²) in [6.07, 6.45) is -2.62. The maximum atomic E-state index is 11.9. The zero-order valence-electron chi connectivity index (χ0n) is 8.17. The molecule has 0 aliphatic carbocycles. The normalized spacial score (nSPS) is 12.2. The van der Waals surface area contributed by atoms with E-state index in [0.29, 0.717) is 17.0 Å². The molecule has 0 aromatic carbocycles. The van der Waals surface area contributed by atoms with E-state index in [4.69, 9.17) is 0 Å². The van der Waals surface area contributed by atoms with Crippen molar-refractivity contribution in [2.45, 2.75) is 12.7 Å². The molecular weight excluding hydrogens is 221 g/mol. The molecule has 0 radical (unpaired) electrons. The molecule has 2 heterocycles. The number of nitrogens with zero attached hydrogens (tertiary/aromatic N) is 2. The van der Waals surface area contributed by atoms with E-state index >= 15 is 0 Å². The smallest absolute Gasteiger partial charge is 0.340 e. The third-order valence-corrected chi connectivity index (χ3v) is 1.92. The van der Waals surface area contributed by atoms with Crippen molar-refractivity contribution in [1.29, 1.82) is 0 Å². The second kappa shape index (κ2) is 4.09. The zero-order chi connectivity index (χ0) is 11.6. The van der Waals surface area contributed by atoms with Crippen LogP contribution in [0, 0.1) is 0 Å². The van der Waals surface area contributed by atoms with E-state index in [1.54, 1.807) is 18.3 Å². The number of hydrogen-bond donors (Lipinski definition) is 2. The van der Waals surface area contributed by atoms with Gasteiger partial charge in [0, 0.05) is 6.20 Å². The van der Waals surface area contributed by atoms with Crippen molar-refractivity contribution in [1.82, 2.24) is 20.3 Å². The van der Waals surface area contributed by atoms with Crippen LogP contribution in [-0.2, 0) is 6.54 Å². The second-order valence-electron chi connectivity index (χ2n) is 3.28. The maximum absolute atomic E-state index is 11.9. The van der Waals surface area contributed by atoms with Crippen molar-refractivity contribution in [3.63, 3.8) is 0 Å². The van der Waals surface area contributed by atoms with Gasteiger partial charge >= 0.3 is 6.18 Å². The minimum absolute atomic E-state index is 0.0376. The van der Waals surface area contributed by atoms with Crippen molar-refractivity contribution in [2.75, 3.05) is 6.54 Å². The van der Waals surface area contributed by atoms with Gasteiger partial charge in [0.15, 0.2) is 5.65 Å². The number of rotatable bonds is 3. The maximum Gasteiger partial charge on any atom is 0.401 e. The summed E-state index contributed by atoms with van der Waals surface area (Å²) >= 11 is 0. The first-order valence-corrected chi connectivity index (χ1v) is 4.62. The molecule has 16 heavy (non-hydrogen) atoms. The van der Waals surface area contributed by atoms with E-state index in [1.165, 1.54) is 0 Å². The Hall–Kier alpha value is -1.63. The summed E-state index contributed by atoms with van der Waals surface area (Å²) in [5, 5.41) is 2.26. The van der Waals surface area contributed by atoms with E-state index in [0.717, 1.165) is 0 Å². The van der Waals surface area contributed by atoms with Gasteiger partial charge in [-0.1, -0.05) is 0 Å². The Morgan fingerprint density at radius 3 is 2.88 bits per heavy atom. The highest BCUT2D eigenvalue weighted by molar-refractivity contribution is 5.69. The van der Waals surface area contributed by atoms with Crippen LogP contribution in [0.25, 0.3) is 11.2 Å². The van der Waals surface area contributed by atoms with Crippen LogP contribution in [0.5, 0.6) is 0 Å². The van der Waals surface area contributed by atoms with Crippen LogP contribution in [0.4, 0.5) is 13.2 Å². The molecule has 2 N–H and O–H groups in total. The number of imidazole rings is 1. The summed E-state index contributed by atoms with van der Waals surface area (Å²) in [5.41, 5.74) is 1.22. The summed E-state index contributed by atoms with van der Waals surface area (Å²) in [7, 11) is 0. The molecule has 0 atom stereocenters. The Balaban J connectivity index is 2.00. The molecule has 0 unspecified atom stereocenters. The first kappa shape index (κ1) is 10.9. The number of fused-ring (bicyclic) bond motifs is 1. The fourth-order valence-electron chi connectivity index (χ4n) is 1.30. The zero-order valence-corrected chi connectivity index (χ0v) is 8.17. The Kier molecular flexibility index (Phi) is 2.78. The van der Waals surface area contributed by atoms with Gasteiger partial charge in [-0.15, -0.1) is 0 Å². The average Bonchev–Trinajstić information content (AvgIpc) is 2.57. The van der Waals surface area contributed by atoms with E-state index in [2.05, 4.69) is 20.3 Å². The third-order valence-electron chi connectivity index (χ3n) is 1.92. The topological polar surface area (TPSA) is 53.6 Å². The summed E-state index contributed by atoms with van der Waals surface area (Å²) < 4.78 is 35.6. The molecule has 0 saturated heterocycles. The van der Waals surface area contributed by atoms with Gasteiger partial charge in [0.1, 0.15) is 5.82 Å². The molecule has 7 heteroatoms. The van der Waals surface area contributed by atoms with Crippen LogP contribution >= 0.6 is 0 Å². The Labute approximate surface area is 88.9 Å². The van der Waals surface area contributed by atoms with Gasteiger partial charge in [-0.2, -0.15) is 13.2 Å². The Morgan fingerprint density at radius 1 is 1.38 bits per heavy atom. The van der Waals surface area contributed by atoms with Crippen molar-refractivity contribution in [2.24, 2.45) is 0 Å². The van der Waals surface area contributed by atoms with Crippen molar-refractivity contribution in [3.05, 3.63) is 24.2 Å². The molecule has 0 aliphatic rings. The second-order valence-corrected chi connectivity index (χ2v) is 3.28. The van der Waals surface area contributed by atoms with Crippen LogP contribution in [0.2, 0.25) is 0 Å². The minimum atomic E-state index is -4.20. The largest absolute Gasteiger partial charge is 0.401 e. The van der Waals surface area contributed by atoms with Crippen LogP contribution in [-0.4, -0.2) is 27.7 Å². The summed E-state index contributed by atoms with van der Waals surface area (Å²) in [6.45, 7) is -0.993. The van der Waals surface area contributed by atoms with Crippen molar-refractivity contribution < 1.29 is 13.2 Å². The molecule has 0 aliphatic heterocycles. The van der Waals surface area contributed by atoms with Gasteiger partial charge in [-0.25, -0.2) is 9.97 Å². The van der Waals surface area contributed by atoms with E-state index in [9.17, 15) is 13.2 Å². The lowest BCUT2D eigenvalue weighted by molar-refractivity contribution is -0.125. The fourth-order valence-corrected chi connectivity index (χ4v) is 1.30. The van der Waals surface area contributed by atoms with Crippen molar-refractivity contribution >= 4 is 11.2 Å². The van der Waals surface area contributed by atoms with Gasteiger partial charge in [0.2, 0.25) is 0 Å². The Bertz CT molecular complexity index is 444. The van der Waals surface area contributed by atoms with E-state index in [1.807, 2.05) is 0 Å². The monoisotopic (exact) mass is 230 g/mol. The molecule has 0 fully saturated rings. The van der Waals surface area contributed by atoms with Crippen LogP contribution in [0.1, 0.15) is 5.82 Å². The fraction of sp³-hybridized carbons (Fsp3) is 0.333. The molecule has 0 saturated carbocycles. The lowest BCUT2D eigenvalue weighted by atomic mass is 10.4. The minimum Gasteiger partial charge on any atom is -0.340 e. The molecule has 2 aromatic rings. The lowest BCUT2D eigenvalue weighted by Crippen LogP contribution is -2.28.